The van der Waals surface area contributed by atoms with E-state index in [4.69, 9.17) is 11.2 Å². The Morgan fingerprint density at radius 3 is 2.60 bits per heavy atom. The molecule has 0 aromatic carbocycles. The largest absolute Gasteiger partial charge is 0.444 e. The zero-order valence-corrected chi connectivity index (χ0v) is 9.96. The molecule has 0 radical (unpaired) electrons. The molecule has 0 heterocycles. The number of hydrogen-bond donors (Lipinski definition) is 1. The van der Waals surface area contributed by atoms with Gasteiger partial charge in [-0.15, -0.1) is 6.42 Å². The van der Waals surface area contributed by atoms with Gasteiger partial charge in [0, 0.05) is 13.1 Å². The van der Waals surface area contributed by atoms with Crippen LogP contribution in [-0.2, 0) is 4.74 Å². The molecule has 0 rings (SSSR count). The topological polar surface area (TPSA) is 41.6 Å². The molecule has 0 aliphatic rings. The first kappa shape index (κ1) is 13.8. The number of carbonyl (C=O) groups is 1. The molecule has 0 saturated carbocycles. The van der Waals surface area contributed by atoms with E-state index in [1.807, 2.05) is 32.7 Å². The molecule has 0 atom stereocenters. The fraction of sp³-hybridized carbons (Fsp3) is 0.727. The van der Waals surface area contributed by atoms with E-state index in [2.05, 4.69) is 11.2 Å². The first-order chi connectivity index (χ1) is 6.85. The molecular formula is C11H20N2O2. The molecule has 1 N–H and O–H groups in total. The van der Waals surface area contributed by atoms with Crippen molar-refractivity contribution in [2.75, 3.05) is 26.7 Å². The highest BCUT2D eigenvalue weighted by Crippen LogP contribution is 2.05. The van der Waals surface area contributed by atoms with E-state index >= 15 is 0 Å². The molecule has 0 unspecified atom stereocenters. The minimum Gasteiger partial charge on any atom is -0.444 e. The molecule has 86 valence electrons. The van der Waals surface area contributed by atoms with Crippen LogP contribution in [0.5, 0.6) is 0 Å². The van der Waals surface area contributed by atoms with E-state index in [-0.39, 0.29) is 0 Å². The summed E-state index contributed by atoms with van der Waals surface area (Å²) in [6.45, 7) is 7.32. The summed E-state index contributed by atoms with van der Waals surface area (Å²) in [6, 6.07) is 0. The van der Waals surface area contributed by atoms with E-state index in [0.29, 0.717) is 19.6 Å². The van der Waals surface area contributed by atoms with Crippen LogP contribution in [0.2, 0.25) is 0 Å². The van der Waals surface area contributed by atoms with Crippen molar-refractivity contribution < 1.29 is 9.53 Å². The van der Waals surface area contributed by atoms with Gasteiger partial charge in [-0.25, -0.2) is 4.79 Å². The third-order valence-corrected chi connectivity index (χ3v) is 1.52. The number of ether oxygens (including phenoxy) is 1. The summed E-state index contributed by atoms with van der Waals surface area (Å²) in [5.41, 5.74) is -0.450. The van der Waals surface area contributed by atoms with E-state index in [1.165, 1.54) is 0 Å². The molecule has 0 spiro atoms. The molecule has 0 aromatic rings. The maximum atomic E-state index is 11.2. The van der Waals surface area contributed by atoms with Crippen molar-refractivity contribution in [3.05, 3.63) is 0 Å². The van der Waals surface area contributed by atoms with Gasteiger partial charge < -0.3 is 10.1 Å². The second-order valence-electron chi connectivity index (χ2n) is 4.37. The Hall–Kier alpha value is -1.21. The minimum absolute atomic E-state index is 0.392. The summed E-state index contributed by atoms with van der Waals surface area (Å²) in [5.74, 6) is 2.53. The van der Waals surface area contributed by atoms with Gasteiger partial charge in [-0.05, 0) is 27.8 Å². The van der Waals surface area contributed by atoms with Gasteiger partial charge in [-0.2, -0.15) is 0 Å². The fourth-order valence-corrected chi connectivity index (χ4v) is 0.898. The van der Waals surface area contributed by atoms with Gasteiger partial charge in [0.2, 0.25) is 0 Å². The lowest BCUT2D eigenvalue weighted by atomic mass is 10.2. The van der Waals surface area contributed by atoms with Crippen LogP contribution in [0.25, 0.3) is 0 Å². The molecule has 0 aliphatic heterocycles. The van der Waals surface area contributed by atoms with Crippen molar-refractivity contribution in [3.63, 3.8) is 0 Å². The van der Waals surface area contributed by atoms with Crippen LogP contribution < -0.4 is 5.32 Å². The lowest BCUT2D eigenvalue weighted by Crippen LogP contribution is -2.37. The Balaban J connectivity index is 3.61. The number of rotatable bonds is 4. The highest BCUT2D eigenvalue weighted by atomic mass is 16.6. The predicted molar refractivity (Wildman–Crippen MR) is 60.6 cm³/mol. The van der Waals surface area contributed by atoms with Gasteiger partial charge in [-0.3, -0.25) is 4.90 Å². The summed E-state index contributed by atoms with van der Waals surface area (Å²) in [6.07, 6.45) is 4.75. The summed E-state index contributed by atoms with van der Waals surface area (Å²) in [5, 5.41) is 2.66. The molecule has 0 aliphatic carbocycles. The van der Waals surface area contributed by atoms with E-state index in [0.717, 1.165) is 0 Å². The molecule has 4 heteroatoms. The number of nitrogens with zero attached hydrogens (tertiary/aromatic N) is 1. The number of hydrogen-bond acceptors (Lipinski definition) is 3. The minimum atomic E-state index is -0.450. The average molecular weight is 212 g/mol. The molecule has 0 fully saturated rings. The van der Waals surface area contributed by atoms with E-state index < -0.39 is 11.7 Å². The van der Waals surface area contributed by atoms with E-state index in [9.17, 15) is 4.79 Å². The molecular weight excluding hydrogens is 192 g/mol. The molecule has 15 heavy (non-hydrogen) atoms. The van der Waals surface area contributed by atoms with Crippen LogP contribution in [0.15, 0.2) is 0 Å². The Morgan fingerprint density at radius 2 is 2.13 bits per heavy atom. The Bertz CT molecular complexity index is 238. The van der Waals surface area contributed by atoms with Gasteiger partial charge in [0.15, 0.2) is 0 Å². The SMILES string of the molecule is C#CCN(C)CCNC(=O)OC(C)(C)C. The molecule has 0 bridgehead atoms. The van der Waals surface area contributed by atoms with Crippen LogP contribution in [0, 0.1) is 12.3 Å². The molecule has 0 saturated heterocycles. The monoisotopic (exact) mass is 212 g/mol. The zero-order valence-electron chi connectivity index (χ0n) is 9.96. The third-order valence-electron chi connectivity index (χ3n) is 1.52. The summed E-state index contributed by atoms with van der Waals surface area (Å²) < 4.78 is 5.07. The summed E-state index contributed by atoms with van der Waals surface area (Å²) >= 11 is 0. The third kappa shape index (κ3) is 9.10. The predicted octanol–water partition coefficient (Wildman–Crippen LogP) is 1.08. The van der Waals surface area contributed by atoms with Gasteiger partial charge in [0.1, 0.15) is 5.60 Å². The van der Waals surface area contributed by atoms with E-state index in [1.54, 1.807) is 0 Å². The van der Waals surface area contributed by atoms with Crippen molar-refractivity contribution in [1.29, 1.82) is 0 Å². The van der Waals surface area contributed by atoms with Gasteiger partial charge in [0.05, 0.1) is 6.54 Å². The van der Waals surface area contributed by atoms with Crippen LogP contribution in [-0.4, -0.2) is 43.3 Å². The Kier molecular flexibility index (Phi) is 5.80. The van der Waals surface area contributed by atoms with Crippen molar-refractivity contribution in [3.8, 4) is 12.3 Å². The second kappa shape index (κ2) is 6.31. The normalized spacial score (nSPS) is 10.9. The molecule has 4 nitrogen and oxygen atoms in total. The first-order valence-electron chi connectivity index (χ1n) is 4.94. The number of amides is 1. The summed E-state index contributed by atoms with van der Waals surface area (Å²) in [4.78, 5) is 13.1. The molecule has 1 amide bonds. The van der Waals surface area contributed by atoms with Gasteiger partial charge in [0.25, 0.3) is 0 Å². The van der Waals surface area contributed by atoms with Crippen LogP contribution in [0.4, 0.5) is 4.79 Å². The summed E-state index contributed by atoms with van der Waals surface area (Å²) in [7, 11) is 1.90. The maximum absolute atomic E-state index is 11.2. The number of nitrogens with one attached hydrogen (secondary N) is 1. The number of terminal acetylenes is 1. The van der Waals surface area contributed by atoms with Crippen molar-refractivity contribution in [2.45, 2.75) is 26.4 Å². The van der Waals surface area contributed by atoms with Gasteiger partial charge in [-0.1, -0.05) is 5.92 Å². The van der Waals surface area contributed by atoms with Crippen LogP contribution >= 0.6 is 0 Å². The quantitative estimate of drug-likeness (QED) is 0.709. The van der Waals surface area contributed by atoms with Gasteiger partial charge >= 0.3 is 6.09 Å². The number of likely N-dealkylation sites (N-methyl/N-ethyl adjacent to an activating group) is 1. The highest BCUT2D eigenvalue weighted by Gasteiger charge is 2.15. The number of alkyl carbamates (subject to hydrolysis) is 1. The Labute approximate surface area is 92.0 Å². The molecule has 0 aromatic heterocycles. The smallest absolute Gasteiger partial charge is 0.407 e. The van der Waals surface area contributed by atoms with Crippen molar-refractivity contribution >= 4 is 6.09 Å². The standard InChI is InChI=1S/C11H20N2O2/c1-6-8-13(5)9-7-12-10(14)15-11(2,3)4/h1H,7-9H2,2-5H3,(H,12,14). The van der Waals surface area contributed by atoms with Crippen LogP contribution in [0.1, 0.15) is 20.8 Å². The fourth-order valence-electron chi connectivity index (χ4n) is 0.898. The Morgan fingerprint density at radius 1 is 1.53 bits per heavy atom. The second-order valence-corrected chi connectivity index (χ2v) is 4.37. The maximum Gasteiger partial charge on any atom is 0.407 e. The average Bonchev–Trinajstić information content (AvgIpc) is 2.00. The lowest BCUT2D eigenvalue weighted by molar-refractivity contribution is 0.0524. The van der Waals surface area contributed by atoms with Crippen molar-refractivity contribution in [1.82, 2.24) is 10.2 Å². The highest BCUT2D eigenvalue weighted by molar-refractivity contribution is 5.67. The lowest BCUT2D eigenvalue weighted by Gasteiger charge is -2.20. The first-order valence-corrected chi connectivity index (χ1v) is 4.94. The van der Waals surface area contributed by atoms with Crippen LogP contribution in [0.3, 0.4) is 0 Å². The zero-order chi connectivity index (χ0) is 11.9. The number of carbonyl (C=O) groups excluding carboxylic acids is 1. The van der Waals surface area contributed by atoms with Crippen molar-refractivity contribution in [2.24, 2.45) is 0 Å².